The molecule has 184 valence electrons. The van der Waals surface area contributed by atoms with Crippen LogP contribution in [0.2, 0.25) is 0 Å². The van der Waals surface area contributed by atoms with Crippen LogP contribution >= 0.6 is 0 Å². The molecule has 1 saturated carbocycles. The molecule has 0 aromatic heterocycles. The van der Waals surface area contributed by atoms with Crippen LogP contribution in [-0.2, 0) is 14.3 Å². The molecule has 0 saturated heterocycles. The highest BCUT2D eigenvalue weighted by atomic mass is 16.6. The van der Waals surface area contributed by atoms with E-state index < -0.39 is 0 Å². The lowest BCUT2D eigenvalue weighted by molar-refractivity contribution is -0.151. The van der Waals surface area contributed by atoms with Gasteiger partial charge in [-0.3, -0.25) is 4.79 Å². The standard InChI is InChI=1S/C28H54O3/c1-5-6-7-8-9-10-21-30-22-23-31-28(29)27-19-17-26(18-20-27)16-12-15-25(4)14-11-13-24(2)3/h24-27H,5-23H2,1-4H3. The monoisotopic (exact) mass is 438 g/mol. The number of unbranched alkanes of at least 4 members (excludes halogenated alkanes) is 5. The molecular weight excluding hydrogens is 384 g/mol. The maximum atomic E-state index is 12.3. The van der Waals surface area contributed by atoms with Crippen LogP contribution in [0.1, 0.15) is 130 Å². The van der Waals surface area contributed by atoms with Crippen LogP contribution in [0.4, 0.5) is 0 Å². The van der Waals surface area contributed by atoms with E-state index in [1.807, 2.05) is 0 Å². The average molecular weight is 439 g/mol. The Morgan fingerprint density at radius 2 is 1.45 bits per heavy atom. The van der Waals surface area contributed by atoms with Gasteiger partial charge in [0.25, 0.3) is 0 Å². The first-order valence-electron chi connectivity index (χ1n) is 13.8. The summed E-state index contributed by atoms with van der Waals surface area (Å²) in [6, 6.07) is 0. The van der Waals surface area contributed by atoms with Crippen LogP contribution in [0, 0.1) is 23.7 Å². The van der Waals surface area contributed by atoms with Gasteiger partial charge in [-0.1, -0.05) is 98.3 Å². The first-order chi connectivity index (χ1) is 15.0. The van der Waals surface area contributed by atoms with Crippen molar-refractivity contribution in [3.63, 3.8) is 0 Å². The highest BCUT2D eigenvalue weighted by molar-refractivity contribution is 5.72. The lowest BCUT2D eigenvalue weighted by Gasteiger charge is -2.27. The highest BCUT2D eigenvalue weighted by Crippen LogP contribution is 2.33. The van der Waals surface area contributed by atoms with Crippen molar-refractivity contribution in [2.24, 2.45) is 23.7 Å². The minimum absolute atomic E-state index is 0.0143. The molecule has 31 heavy (non-hydrogen) atoms. The molecule has 0 aliphatic heterocycles. The number of hydrogen-bond donors (Lipinski definition) is 0. The predicted molar refractivity (Wildman–Crippen MR) is 132 cm³/mol. The van der Waals surface area contributed by atoms with E-state index in [-0.39, 0.29) is 11.9 Å². The van der Waals surface area contributed by atoms with E-state index in [9.17, 15) is 4.79 Å². The zero-order chi connectivity index (χ0) is 22.7. The third-order valence-corrected chi connectivity index (χ3v) is 7.08. The lowest BCUT2D eigenvalue weighted by Crippen LogP contribution is -2.25. The molecule has 0 bridgehead atoms. The normalized spacial score (nSPS) is 20.2. The zero-order valence-electron chi connectivity index (χ0n) is 21.5. The van der Waals surface area contributed by atoms with Crippen molar-refractivity contribution >= 4 is 5.97 Å². The van der Waals surface area contributed by atoms with E-state index >= 15 is 0 Å². The van der Waals surface area contributed by atoms with Gasteiger partial charge in [-0.15, -0.1) is 0 Å². The molecule has 1 aliphatic rings. The third kappa shape index (κ3) is 15.8. The van der Waals surface area contributed by atoms with E-state index in [4.69, 9.17) is 9.47 Å². The maximum Gasteiger partial charge on any atom is 0.309 e. The molecule has 0 heterocycles. The highest BCUT2D eigenvalue weighted by Gasteiger charge is 2.27. The fraction of sp³-hybridized carbons (Fsp3) is 0.964. The van der Waals surface area contributed by atoms with E-state index in [0.29, 0.717) is 13.2 Å². The van der Waals surface area contributed by atoms with Crippen LogP contribution in [-0.4, -0.2) is 25.8 Å². The van der Waals surface area contributed by atoms with Crippen molar-refractivity contribution in [1.82, 2.24) is 0 Å². The van der Waals surface area contributed by atoms with Gasteiger partial charge >= 0.3 is 5.97 Å². The van der Waals surface area contributed by atoms with Gasteiger partial charge in [0.15, 0.2) is 0 Å². The first-order valence-corrected chi connectivity index (χ1v) is 13.8. The molecule has 1 aliphatic carbocycles. The van der Waals surface area contributed by atoms with E-state index in [1.54, 1.807) is 0 Å². The number of carbonyl (C=O) groups is 1. The Hall–Kier alpha value is -0.570. The van der Waals surface area contributed by atoms with Crippen molar-refractivity contribution < 1.29 is 14.3 Å². The molecule has 1 atom stereocenters. The lowest BCUT2D eigenvalue weighted by atomic mass is 9.79. The molecule has 1 fully saturated rings. The summed E-state index contributed by atoms with van der Waals surface area (Å²) in [5.41, 5.74) is 0. The maximum absolute atomic E-state index is 12.3. The van der Waals surface area contributed by atoms with Gasteiger partial charge < -0.3 is 9.47 Å². The Kier molecular flexibility index (Phi) is 17.4. The molecule has 0 N–H and O–H groups in total. The van der Waals surface area contributed by atoms with E-state index in [2.05, 4.69) is 27.7 Å². The Morgan fingerprint density at radius 1 is 0.774 bits per heavy atom. The molecule has 0 aromatic rings. The minimum Gasteiger partial charge on any atom is -0.463 e. The van der Waals surface area contributed by atoms with Crippen LogP contribution in [0.5, 0.6) is 0 Å². The summed E-state index contributed by atoms with van der Waals surface area (Å²) in [6.45, 7) is 11.1. The second-order valence-corrected chi connectivity index (χ2v) is 10.6. The van der Waals surface area contributed by atoms with Crippen molar-refractivity contribution in [1.29, 1.82) is 0 Å². The quantitative estimate of drug-likeness (QED) is 0.150. The van der Waals surface area contributed by atoms with Crippen molar-refractivity contribution in [3.05, 3.63) is 0 Å². The Labute approximate surface area is 194 Å². The fourth-order valence-electron chi connectivity index (χ4n) is 4.87. The van der Waals surface area contributed by atoms with Crippen LogP contribution in [0.15, 0.2) is 0 Å². The summed E-state index contributed by atoms with van der Waals surface area (Å²) in [5.74, 6) is 2.68. The summed E-state index contributed by atoms with van der Waals surface area (Å²) >= 11 is 0. The van der Waals surface area contributed by atoms with Gasteiger partial charge in [0.05, 0.1) is 12.5 Å². The SMILES string of the molecule is CCCCCCCCOCCOC(=O)C1CCC(CCCC(C)CCCC(C)C)CC1. The number of ether oxygens (including phenoxy) is 2. The fourth-order valence-corrected chi connectivity index (χ4v) is 4.87. The molecular formula is C28H54O3. The second-order valence-electron chi connectivity index (χ2n) is 10.6. The van der Waals surface area contributed by atoms with E-state index in [1.165, 1.54) is 83.5 Å². The summed E-state index contributed by atoms with van der Waals surface area (Å²) in [7, 11) is 0. The molecule has 1 unspecified atom stereocenters. The second kappa shape index (κ2) is 18.9. The van der Waals surface area contributed by atoms with Crippen LogP contribution in [0.3, 0.4) is 0 Å². The summed E-state index contributed by atoms with van der Waals surface area (Å²) in [4.78, 5) is 12.3. The molecule has 0 radical (unpaired) electrons. The molecule has 0 amide bonds. The smallest absolute Gasteiger partial charge is 0.309 e. The molecule has 0 spiro atoms. The first kappa shape index (κ1) is 28.5. The predicted octanol–water partition coefficient (Wildman–Crippen LogP) is 8.35. The number of esters is 1. The zero-order valence-corrected chi connectivity index (χ0v) is 21.5. The van der Waals surface area contributed by atoms with Gasteiger partial charge in [-0.2, -0.15) is 0 Å². The molecule has 0 aromatic carbocycles. The minimum atomic E-state index is 0.0143. The van der Waals surface area contributed by atoms with Gasteiger partial charge in [0.2, 0.25) is 0 Å². The molecule has 1 rings (SSSR count). The largest absolute Gasteiger partial charge is 0.463 e. The van der Waals surface area contributed by atoms with E-state index in [0.717, 1.165) is 43.6 Å². The van der Waals surface area contributed by atoms with Gasteiger partial charge in [-0.05, 0) is 49.9 Å². The molecule has 3 heteroatoms. The Balaban J connectivity index is 1.96. The number of hydrogen-bond acceptors (Lipinski definition) is 3. The third-order valence-electron chi connectivity index (χ3n) is 7.08. The van der Waals surface area contributed by atoms with Gasteiger partial charge in [0.1, 0.15) is 6.61 Å². The summed E-state index contributed by atoms with van der Waals surface area (Å²) in [5, 5.41) is 0. The summed E-state index contributed by atoms with van der Waals surface area (Å²) < 4.78 is 11.1. The van der Waals surface area contributed by atoms with Crippen molar-refractivity contribution in [2.75, 3.05) is 19.8 Å². The van der Waals surface area contributed by atoms with Crippen LogP contribution in [0.25, 0.3) is 0 Å². The number of carbonyl (C=O) groups excluding carboxylic acids is 1. The average Bonchev–Trinajstić information content (AvgIpc) is 2.75. The van der Waals surface area contributed by atoms with Crippen molar-refractivity contribution in [2.45, 2.75) is 130 Å². The van der Waals surface area contributed by atoms with Gasteiger partial charge in [0, 0.05) is 6.61 Å². The van der Waals surface area contributed by atoms with Crippen LogP contribution < -0.4 is 0 Å². The Morgan fingerprint density at radius 3 is 2.16 bits per heavy atom. The number of rotatable bonds is 19. The summed E-state index contributed by atoms with van der Waals surface area (Å²) in [6.07, 6.45) is 20.3. The Bertz CT molecular complexity index is 412. The topological polar surface area (TPSA) is 35.5 Å². The van der Waals surface area contributed by atoms with Crippen molar-refractivity contribution in [3.8, 4) is 0 Å². The van der Waals surface area contributed by atoms with Gasteiger partial charge in [-0.25, -0.2) is 0 Å². The molecule has 3 nitrogen and oxygen atoms in total.